The van der Waals surface area contributed by atoms with E-state index in [0.29, 0.717) is 91.0 Å². The van der Waals surface area contributed by atoms with Gasteiger partial charge in [-0.2, -0.15) is 0 Å². The van der Waals surface area contributed by atoms with E-state index >= 15 is 0 Å². The summed E-state index contributed by atoms with van der Waals surface area (Å²) in [5, 5.41) is 17.8. The van der Waals surface area contributed by atoms with Crippen LogP contribution in [0.5, 0.6) is 17.2 Å². The molecule has 6 aromatic rings. The third-order valence-electron chi connectivity index (χ3n) is 22.0. The third-order valence-corrected chi connectivity index (χ3v) is 22.0. The van der Waals surface area contributed by atoms with Crippen molar-refractivity contribution >= 4 is 64.2 Å². The van der Waals surface area contributed by atoms with Crippen LogP contribution in [-0.2, 0) is 59.4 Å². The highest BCUT2D eigenvalue weighted by atomic mass is 16.6. The molecular weight excluding hydrogens is 1320 g/mol. The Bertz CT molecular complexity index is 4450. The molecule has 0 aromatic heterocycles. The fourth-order valence-electron chi connectivity index (χ4n) is 15.6. The molecule has 1 saturated carbocycles. The van der Waals surface area contributed by atoms with Crippen LogP contribution in [0.1, 0.15) is 180 Å². The molecule has 3 fully saturated rings. The number of rotatable bonds is 26. The Morgan fingerprint density at radius 1 is 0.750 bits per heavy atom. The standard InChI is InChI=1S/C84H90N6O14/c1-6-52(3)78(86-79(96)68-17-11-36-87(68)77(95)47-85-76(94)33-31-63(91)30-32-71(92)66-42-59-15-8-7-13-56(59)26-27-58-14-9-10-16-64(58)66)72(93)40-54-20-22-55(23-21-54)49-104-83(100)90-69-45-73(53(4)39-67(69)81(98)89-50-84(34-35-84)46-70(89)82(90)99)102-37-12-38-103-75-43-60-28-29-62-41-61(57-24-18-51(2)19-25-57)48-88(62)80(97)65(60)44-74(75)101-5/h7-10,13-16,18-25,39,43-45,48,52,62,66,68,70,78,82,99H,6,11-12,17,28-38,40-42,46-47,49-50H2,1-5H3,(H,85,94)(H,86,96)/t52-,62+,66?,68-,70-,78-,82?/m0/s1. The Morgan fingerprint density at radius 3 is 2.23 bits per heavy atom. The van der Waals surface area contributed by atoms with Crippen molar-refractivity contribution in [3.8, 4) is 29.1 Å². The maximum atomic E-state index is 14.5. The van der Waals surface area contributed by atoms with E-state index in [1.165, 1.54) is 10.5 Å². The molecule has 7 aliphatic rings. The summed E-state index contributed by atoms with van der Waals surface area (Å²) in [5.41, 5.74) is 10.6. The number of carbonyl (C=O) groups is 9. The fraction of sp³-hybridized carbons (Fsp3) is 0.417. The van der Waals surface area contributed by atoms with E-state index in [9.17, 15) is 48.3 Å². The van der Waals surface area contributed by atoms with E-state index in [2.05, 4.69) is 53.7 Å². The van der Waals surface area contributed by atoms with Gasteiger partial charge in [0.1, 0.15) is 30.0 Å². The highest BCUT2D eigenvalue weighted by Crippen LogP contribution is 2.57. The number of hydrogen-bond donors (Lipinski definition) is 3. The number of nitrogens with zero attached hydrogens (tertiary/aromatic N) is 4. The normalized spacial score (nSPS) is 20.0. The van der Waals surface area contributed by atoms with E-state index in [-0.39, 0.29) is 123 Å². The quantitative estimate of drug-likeness (QED) is 0.0338. The number of Topliss-reactive ketones (excluding diaryl/α,β-unsaturated/α-hetero) is 3. The van der Waals surface area contributed by atoms with Crippen LogP contribution in [0.2, 0.25) is 0 Å². The van der Waals surface area contributed by atoms with Crippen LogP contribution < -0.4 is 29.7 Å². The number of carbonyl (C=O) groups excluding carboxylic acids is 9. The van der Waals surface area contributed by atoms with Gasteiger partial charge < -0.3 is 49.4 Å². The van der Waals surface area contributed by atoms with Crippen molar-refractivity contribution in [1.29, 1.82) is 0 Å². The number of fused-ring (bicyclic) bond motifs is 6. The summed E-state index contributed by atoms with van der Waals surface area (Å²) in [6.07, 6.45) is 6.39. The number of ether oxygens (including phenoxy) is 4. The van der Waals surface area contributed by atoms with Gasteiger partial charge in [0.15, 0.2) is 23.5 Å². The second-order valence-corrected chi connectivity index (χ2v) is 29.1. The molecule has 2 aliphatic carbocycles. The van der Waals surface area contributed by atoms with Gasteiger partial charge in [0, 0.05) is 92.5 Å². The number of anilines is 1. The van der Waals surface area contributed by atoms with Crippen LogP contribution in [0.4, 0.5) is 10.5 Å². The fourth-order valence-corrected chi connectivity index (χ4v) is 15.6. The number of aliphatic hydroxyl groups excluding tert-OH is 1. The lowest BCUT2D eigenvalue weighted by Gasteiger charge is -2.31. The topological polar surface area (TPSA) is 248 Å². The molecule has 3 N–H and O–H groups in total. The summed E-state index contributed by atoms with van der Waals surface area (Å²) < 4.78 is 24.4. The molecule has 2 saturated heterocycles. The van der Waals surface area contributed by atoms with Crippen LogP contribution >= 0.6 is 0 Å². The van der Waals surface area contributed by atoms with Gasteiger partial charge >= 0.3 is 6.09 Å². The van der Waals surface area contributed by atoms with Gasteiger partial charge in [-0.3, -0.25) is 38.4 Å². The first-order valence-corrected chi connectivity index (χ1v) is 36.6. The van der Waals surface area contributed by atoms with Crippen molar-refractivity contribution in [2.24, 2.45) is 11.3 Å². The average molecular weight is 1410 g/mol. The molecule has 6 aromatic carbocycles. The zero-order chi connectivity index (χ0) is 72.9. The number of hydrogen-bond acceptors (Lipinski definition) is 14. The number of methoxy groups -OCH3 is 1. The van der Waals surface area contributed by atoms with Gasteiger partial charge in [0.2, 0.25) is 17.7 Å². The van der Waals surface area contributed by atoms with Crippen molar-refractivity contribution in [3.05, 3.63) is 194 Å². The Kier molecular flexibility index (Phi) is 21.7. The van der Waals surface area contributed by atoms with E-state index in [0.717, 1.165) is 69.5 Å². The summed E-state index contributed by atoms with van der Waals surface area (Å²) in [6, 6.07) is 35.3. The minimum Gasteiger partial charge on any atom is -0.493 e. The first-order valence-electron chi connectivity index (χ1n) is 36.6. The Labute approximate surface area is 606 Å². The summed E-state index contributed by atoms with van der Waals surface area (Å²) >= 11 is 0. The second-order valence-electron chi connectivity index (χ2n) is 29.1. The zero-order valence-corrected chi connectivity index (χ0v) is 59.8. The number of amides is 6. The van der Waals surface area contributed by atoms with E-state index in [4.69, 9.17) is 18.9 Å². The number of nitrogens with one attached hydrogen (secondary N) is 2. The summed E-state index contributed by atoms with van der Waals surface area (Å²) in [5.74, 6) is 4.69. The maximum Gasteiger partial charge on any atom is 0.416 e. The maximum absolute atomic E-state index is 14.5. The molecule has 13 rings (SSSR count). The van der Waals surface area contributed by atoms with Crippen molar-refractivity contribution < 1.29 is 67.2 Å². The van der Waals surface area contributed by atoms with E-state index in [1.54, 1.807) is 54.5 Å². The van der Waals surface area contributed by atoms with Gasteiger partial charge in [-0.25, -0.2) is 9.69 Å². The highest BCUT2D eigenvalue weighted by molar-refractivity contribution is 6.06. The molecule has 6 amide bonds. The van der Waals surface area contributed by atoms with Crippen LogP contribution in [0.25, 0.3) is 5.57 Å². The smallest absolute Gasteiger partial charge is 0.416 e. The molecule has 0 radical (unpaired) electrons. The minimum atomic E-state index is -1.44. The minimum absolute atomic E-state index is 0.0124. The first kappa shape index (κ1) is 72.0. The van der Waals surface area contributed by atoms with Crippen molar-refractivity contribution in [2.45, 2.75) is 173 Å². The molecule has 1 spiro atoms. The Morgan fingerprint density at radius 2 is 1.47 bits per heavy atom. The average Bonchev–Trinajstić information content (AvgIpc) is 1.56. The van der Waals surface area contributed by atoms with Gasteiger partial charge in [-0.05, 0) is 158 Å². The number of aryl methyl sites for hydroxylation is 3. The Balaban J connectivity index is 0.584. The summed E-state index contributed by atoms with van der Waals surface area (Å²) in [4.78, 5) is 131. The predicted molar refractivity (Wildman–Crippen MR) is 390 cm³/mol. The molecule has 2 unspecified atom stereocenters. The number of benzene rings is 6. The lowest BCUT2D eigenvalue weighted by atomic mass is 9.82. The molecule has 104 heavy (non-hydrogen) atoms. The Hall–Kier alpha value is -10.4. The zero-order valence-electron chi connectivity index (χ0n) is 59.8. The molecule has 5 aliphatic heterocycles. The van der Waals surface area contributed by atoms with Crippen LogP contribution in [-0.4, -0.2) is 143 Å². The van der Waals surface area contributed by atoms with Crippen LogP contribution in [0.15, 0.2) is 128 Å². The van der Waals surface area contributed by atoms with Gasteiger partial charge in [-0.1, -0.05) is 123 Å². The van der Waals surface area contributed by atoms with Crippen molar-refractivity contribution in [1.82, 2.24) is 25.3 Å². The van der Waals surface area contributed by atoms with E-state index in [1.807, 2.05) is 86.5 Å². The summed E-state index contributed by atoms with van der Waals surface area (Å²) in [6.45, 7) is 8.30. The molecule has 5 heterocycles. The molecule has 20 nitrogen and oxygen atoms in total. The van der Waals surface area contributed by atoms with Gasteiger partial charge in [0.05, 0.1) is 50.2 Å². The number of ketones is 3. The SMILES string of the molecule is CC[C@H](C)[C@H](NC(=O)[C@@H]1CCCN1C(=O)CNC(=O)CCC(=O)CCC(=O)C1Cc2ccccc2C#Cc2ccccc21)C(=O)Cc1ccc(COC(=O)N2c3cc(OCCCOc4cc5c(cc4OC)C(=O)N4C=C(c6ccc(C)cc6)C[C@H]4CC5)c(C)cc3C(=O)N3CC4(CC4)C[C@H]3C2O)cc1. The lowest BCUT2D eigenvalue weighted by molar-refractivity contribution is -0.139. The van der Waals surface area contributed by atoms with E-state index < -0.39 is 54.1 Å². The monoisotopic (exact) mass is 1410 g/mol. The third kappa shape index (κ3) is 15.7. The van der Waals surface area contributed by atoms with Crippen molar-refractivity contribution in [2.75, 3.05) is 44.9 Å². The largest absolute Gasteiger partial charge is 0.493 e. The lowest BCUT2D eigenvalue weighted by Crippen LogP contribution is -2.54. The molecule has 0 bridgehead atoms. The van der Waals surface area contributed by atoms with Crippen LogP contribution in [0.3, 0.4) is 0 Å². The van der Waals surface area contributed by atoms with Gasteiger partial charge in [-0.15, -0.1) is 0 Å². The molecule has 20 heteroatoms. The molecule has 540 valence electrons. The molecule has 7 atom stereocenters. The predicted octanol–water partition coefficient (Wildman–Crippen LogP) is 11.0. The summed E-state index contributed by atoms with van der Waals surface area (Å²) in [7, 11) is 1.55. The first-order chi connectivity index (χ1) is 50.2. The second kappa shape index (κ2) is 31.3. The van der Waals surface area contributed by atoms with Gasteiger partial charge in [0.25, 0.3) is 11.8 Å². The molecular formula is C84H90N6O14. The number of aliphatic hydroxyl groups is 1. The van der Waals surface area contributed by atoms with Crippen LogP contribution in [0, 0.1) is 37.0 Å². The number of likely N-dealkylation sites (tertiary alicyclic amines) is 1. The highest BCUT2D eigenvalue weighted by Gasteiger charge is 2.58. The van der Waals surface area contributed by atoms with Crippen molar-refractivity contribution in [3.63, 3.8) is 0 Å².